The second-order valence-corrected chi connectivity index (χ2v) is 4.72. The summed E-state index contributed by atoms with van der Waals surface area (Å²) >= 11 is 0. The van der Waals surface area contributed by atoms with Crippen LogP contribution < -0.4 is 5.73 Å². The monoisotopic (exact) mass is 241 g/mol. The van der Waals surface area contributed by atoms with Gasteiger partial charge >= 0.3 is 0 Å². The van der Waals surface area contributed by atoms with Crippen molar-refractivity contribution in [1.29, 1.82) is 0 Å². The van der Waals surface area contributed by atoms with Gasteiger partial charge in [-0.3, -0.25) is 0 Å². The molecule has 0 radical (unpaired) electrons. The highest BCUT2D eigenvalue weighted by atomic mass is 19.3. The van der Waals surface area contributed by atoms with E-state index in [1.165, 1.54) is 0 Å². The summed E-state index contributed by atoms with van der Waals surface area (Å²) in [6.45, 7) is 0.877. The van der Waals surface area contributed by atoms with Crippen LogP contribution in [0.15, 0.2) is 24.3 Å². The van der Waals surface area contributed by atoms with Gasteiger partial charge in [-0.15, -0.1) is 0 Å². The third kappa shape index (κ3) is 3.66. The Morgan fingerprint density at radius 3 is 2.59 bits per heavy atom. The summed E-state index contributed by atoms with van der Waals surface area (Å²) in [4.78, 5) is 0. The molecule has 1 unspecified atom stereocenters. The fraction of sp³-hybridized carbons (Fsp3) is 0.538. The normalized spacial score (nSPS) is 22.8. The first kappa shape index (κ1) is 12.3. The average Bonchev–Trinajstić information content (AvgIpc) is 2.61. The van der Waals surface area contributed by atoms with Gasteiger partial charge in [0.25, 0.3) is 0 Å². The molecular formula is C13H17F2NO. The molecule has 1 saturated carbocycles. The van der Waals surface area contributed by atoms with E-state index in [0.29, 0.717) is 25.3 Å². The summed E-state index contributed by atoms with van der Waals surface area (Å²) in [6.07, 6.45) is 0.534. The molecule has 1 fully saturated rings. The van der Waals surface area contributed by atoms with Gasteiger partial charge in [-0.25, -0.2) is 8.78 Å². The molecule has 0 aliphatic heterocycles. The molecule has 1 aromatic rings. The standard InChI is InChI=1S/C13H17F2NO/c14-13(15)6-5-11(7-13)9-17-8-10-1-3-12(16)4-2-10/h1-4,11H,5-9,16H2. The minimum absolute atomic E-state index is 0.00113. The van der Waals surface area contributed by atoms with Crippen LogP contribution in [0.4, 0.5) is 14.5 Å². The van der Waals surface area contributed by atoms with Crippen molar-refractivity contribution in [3.8, 4) is 0 Å². The van der Waals surface area contributed by atoms with E-state index in [2.05, 4.69) is 0 Å². The Balaban J connectivity index is 1.71. The Kier molecular flexibility index (Phi) is 3.62. The van der Waals surface area contributed by atoms with Gasteiger partial charge in [-0.05, 0) is 30.0 Å². The van der Waals surface area contributed by atoms with E-state index in [9.17, 15) is 8.78 Å². The smallest absolute Gasteiger partial charge is 0.248 e. The lowest BCUT2D eigenvalue weighted by Crippen LogP contribution is -2.12. The van der Waals surface area contributed by atoms with Crippen molar-refractivity contribution in [1.82, 2.24) is 0 Å². The molecule has 0 spiro atoms. The Labute approximate surface area is 99.8 Å². The zero-order valence-corrected chi connectivity index (χ0v) is 9.66. The van der Waals surface area contributed by atoms with Crippen LogP contribution in [-0.4, -0.2) is 12.5 Å². The molecule has 0 bridgehead atoms. The maximum atomic E-state index is 12.9. The minimum atomic E-state index is -2.48. The molecule has 17 heavy (non-hydrogen) atoms. The highest BCUT2D eigenvalue weighted by Gasteiger charge is 2.39. The maximum Gasteiger partial charge on any atom is 0.248 e. The molecule has 1 aliphatic carbocycles. The number of alkyl halides is 2. The molecule has 94 valence electrons. The highest BCUT2D eigenvalue weighted by molar-refractivity contribution is 5.39. The minimum Gasteiger partial charge on any atom is -0.399 e. The maximum absolute atomic E-state index is 12.9. The number of nitrogen functional groups attached to an aromatic ring is 1. The molecule has 1 aromatic carbocycles. The zero-order valence-electron chi connectivity index (χ0n) is 9.66. The van der Waals surface area contributed by atoms with Crippen LogP contribution in [-0.2, 0) is 11.3 Å². The highest BCUT2D eigenvalue weighted by Crippen LogP contribution is 2.38. The quantitative estimate of drug-likeness (QED) is 0.821. The zero-order chi connectivity index (χ0) is 12.3. The van der Waals surface area contributed by atoms with Crippen LogP contribution in [0.2, 0.25) is 0 Å². The lowest BCUT2D eigenvalue weighted by atomic mass is 10.1. The SMILES string of the molecule is Nc1ccc(COCC2CCC(F)(F)C2)cc1. The first-order chi connectivity index (χ1) is 8.05. The Hall–Kier alpha value is -1.16. The summed E-state index contributed by atoms with van der Waals surface area (Å²) in [5.41, 5.74) is 7.29. The van der Waals surface area contributed by atoms with Crippen molar-refractivity contribution in [3.63, 3.8) is 0 Å². The number of rotatable bonds is 4. The molecule has 2 nitrogen and oxygen atoms in total. The summed E-state index contributed by atoms with van der Waals surface area (Å²) in [5, 5.41) is 0. The van der Waals surface area contributed by atoms with Crippen molar-refractivity contribution in [2.24, 2.45) is 5.92 Å². The molecule has 0 saturated heterocycles. The Morgan fingerprint density at radius 2 is 2.00 bits per heavy atom. The van der Waals surface area contributed by atoms with Crippen LogP contribution in [0.1, 0.15) is 24.8 Å². The van der Waals surface area contributed by atoms with Crippen molar-refractivity contribution in [2.45, 2.75) is 31.8 Å². The van der Waals surface area contributed by atoms with Crippen LogP contribution in [0.5, 0.6) is 0 Å². The Morgan fingerprint density at radius 1 is 1.29 bits per heavy atom. The second kappa shape index (κ2) is 5.00. The van der Waals surface area contributed by atoms with E-state index in [4.69, 9.17) is 10.5 Å². The number of nitrogens with two attached hydrogens (primary N) is 1. The van der Waals surface area contributed by atoms with Crippen molar-refractivity contribution >= 4 is 5.69 Å². The summed E-state index contributed by atoms with van der Waals surface area (Å²) in [6, 6.07) is 7.39. The number of anilines is 1. The second-order valence-electron chi connectivity index (χ2n) is 4.72. The molecule has 1 atom stereocenters. The molecule has 2 N–H and O–H groups in total. The lowest BCUT2D eigenvalue weighted by Gasteiger charge is -2.11. The van der Waals surface area contributed by atoms with Gasteiger partial charge in [-0.2, -0.15) is 0 Å². The number of hydrogen-bond donors (Lipinski definition) is 1. The van der Waals surface area contributed by atoms with Crippen LogP contribution in [0.25, 0.3) is 0 Å². The fourth-order valence-electron chi connectivity index (χ4n) is 2.14. The molecular weight excluding hydrogens is 224 g/mol. The van der Waals surface area contributed by atoms with E-state index in [-0.39, 0.29) is 18.8 Å². The first-order valence-electron chi connectivity index (χ1n) is 5.85. The largest absolute Gasteiger partial charge is 0.399 e. The first-order valence-corrected chi connectivity index (χ1v) is 5.85. The lowest BCUT2D eigenvalue weighted by molar-refractivity contribution is -0.00235. The summed E-state index contributed by atoms with van der Waals surface area (Å²) in [5.74, 6) is -2.48. The van der Waals surface area contributed by atoms with Gasteiger partial charge in [0.1, 0.15) is 0 Å². The van der Waals surface area contributed by atoms with Gasteiger partial charge in [0.05, 0.1) is 13.2 Å². The van der Waals surface area contributed by atoms with Gasteiger partial charge in [0.15, 0.2) is 0 Å². The molecule has 0 aromatic heterocycles. The number of halogens is 2. The summed E-state index contributed by atoms with van der Waals surface area (Å²) in [7, 11) is 0. The van der Waals surface area contributed by atoms with Crippen LogP contribution in [0.3, 0.4) is 0 Å². The number of hydrogen-bond acceptors (Lipinski definition) is 2. The predicted molar refractivity (Wildman–Crippen MR) is 62.8 cm³/mol. The number of benzene rings is 1. The van der Waals surface area contributed by atoms with Crippen molar-refractivity contribution in [3.05, 3.63) is 29.8 Å². The van der Waals surface area contributed by atoms with E-state index in [1.807, 2.05) is 24.3 Å². The van der Waals surface area contributed by atoms with Gasteiger partial charge in [0.2, 0.25) is 5.92 Å². The van der Waals surface area contributed by atoms with Gasteiger partial charge < -0.3 is 10.5 Å². The van der Waals surface area contributed by atoms with E-state index >= 15 is 0 Å². The molecule has 2 rings (SSSR count). The van der Waals surface area contributed by atoms with Gasteiger partial charge in [-0.1, -0.05) is 12.1 Å². The van der Waals surface area contributed by atoms with E-state index in [0.717, 1.165) is 5.56 Å². The van der Waals surface area contributed by atoms with E-state index < -0.39 is 5.92 Å². The topological polar surface area (TPSA) is 35.2 Å². The average molecular weight is 241 g/mol. The third-order valence-corrected chi connectivity index (χ3v) is 3.11. The summed E-state index contributed by atoms with van der Waals surface area (Å²) < 4.78 is 31.3. The molecule has 0 amide bonds. The molecule has 4 heteroatoms. The van der Waals surface area contributed by atoms with E-state index in [1.54, 1.807) is 0 Å². The predicted octanol–water partition coefficient (Wildman–Crippen LogP) is 3.22. The third-order valence-electron chi connectivity index (χ3n) is 3.11. The molecule has 1 aliphatic rings. The van der Waals surface area contributed by atoms with Crippen LogP contribution in [0, 0.1) is 5.92 Å². The van der Waals surface area contributed by atoms with Crippen molar-refractivity contribution in [2.75, 3.05) is 12.3 Å². The van der Waals surface area contributed by atoms with Crippen molar-refractivity contribution < 1.29 is 13.5 Å². The number of ether oxygens (including phenoxy) is 1. The molecule has 0 heterocycles. The van der Waals surface area contributed by atoms with Crippen LogP contribution >= 0.6 is 0 Å². The van der Waals surface area contributed by atoms with Gasteiger partial charge in [0, 0.05) is 18.5 Å². The fourth-order valence-corrected chi connectivity index (χ4v) is 2.14. The Bertz CT molecular complexity index is 364.